The third-order valence-electron chi connectivity index (χ3n) is 2.74. The molecule has 0 N–H and O–H groups in total. The maximum atomic E-state index is 12.4. The molecular weight excluding hydrogens is 352 g/mol. The molecule has 1 rings (SSSR count). The average Bonchev–Trinajstić information content (AvgIpc) is 2.38. The molecule has 1 aromatic carbocycles. The molecule has 0 aliphatic rings. The van der Waals surface area contributed by atoms with Gasteiger partial charge in [0.1, 0.15) is 0 Å². The molecule has 0 heterocycles. The molecule has 1 aromatic rings. The van der Waals surface area contributed by atoms with Gasteiger partial charge in [-0.2, -0.15) is 4.31 Å². The monoisotopic (exact) mass is 366 g/mol. The fourth-order valence-corrected chi connectivity index (χ4v) is 4.02. The lowest BCUT2D eigenvalue weighted by Gasteiger charge is -2.18. The number of benzene rings is 1. The molecule has 0 saturated carbocycles. The molecule has 0 bridgehead atoms. The van der Waals surface area contributed by atoms with E-state index in [-0.39, 0.29) is 28.2 Å². The lowest BCUT2D eigenvalue weighted by Crippen LogP contribution is -2.30. The Hall–Kier alpha value is -1.19. The number of hydrogen-bond acceptors (Lipinski definition) is 5. The summed E-state index contributed by atoms with van der Waals surface area (Å²) in [6.45, 7) is 3.98. The van der Waals surface area contributed by atoms with Gasteiger partial charge in [0.25, 0.3) is 0 Å². The predicted octanol–water partition coefficient (Wildman–Crippen LogP) is 2.40. The summed E-state index contributed by atoms with van der Waals surface area (Å²) in [5.41, 5.74) is -0.396. The van der Waals surface area contributed by atoms with Gasteiger partial charge >= 0.3 is 5.69 Å². The van der Waals surface area contributed by atoms with Crippen molar-refractivity contribution < 1.29 is 18.1 Å². The average molecular weight is 367 g/mol. The van der Waals surface area contributed by atoms with Gasteiger partial charge in [-0.25, -0.2) is 8.42 Å². The van der Waals surface area contributed by atoms with Crippen LogP contribution < -0.4 is 4.74 Å². The third-order valence-corrected chi connectivity index (χ3v) is 5.36. The Morgan fingerprint density at radius 1 is 1.35 bits per heavy atom. The summed E-state index contributed by atoms with van der Waals surface area (Å²) in [7, 11) is -2.48. The molecule has 0 amide bonds. The summed E-state index contributed by atoms with van der Waals surface area (Å²) in [6.07, 6.45) is 0. The number of ether oxygens (including phenoxy) is 1. The summed E-state index contributed by atoms with van der Waals surface area (Å²) in [5.74, 6) is -0.00602. The first-order valence-electron chi connectivity index (χ1n) is 5.81. The molecule has 0 atom stereocenters. The minimum atomic E-state index is -3.76. The molecule has 0 radical (unpaired) electrons. The van der Waals surface area contributed by atoms with Crippen molar-refractivity contribution in [3.63, 3.8) is 0 Å². The van der Waals surface area contributed by atoms with Gasteiger partial charge in [0.05, 0.1) is 21.4 Å². The minimum Gasteiger partial charge on any atom is -0.489 e. The number of sulfonamides is 1. The highest BCUT2D eigenvalue weighted by Gasteiger charge is 2.28. The van der Waals surface area contributed by atoms with Crippen molar-refractivity contribution in [2.75, 3.05) is 20.2 Å². The van der Waals surface area contributed by atoms with E-state index in [1.807, 2.05) is 0 Å². The van der Waals surface area contributed by atoms with Crippen LogP contribution in [-0.4, -0.2) is 37.8 Å². The van der Waals surface area contributed by atoms with E-state index in [4.69, 9.17) is 4.74 Å². The Balaban J connectivity index is 3.52. The zero-order valence-corrected chi connectivity index (χ0v) is 13.7. The minimum absolute atomic E-state index is 0.00602. The highest BCUT2D eigenvalue weighted by Crippen LogP contribution is 2.37. The molecule has 20 heavy (non-hydrogen) atoms. The van der Waals surface area contributed by atoms with E-state index in [0.29, 0.717) is 0 Å². The predicted molar refractivity (Wildman–Crippen MR) is 77.5 cm³/mol. The Kier molecular flexibility index (Phi) is 5.49. The van der Waals surface area contributed by atoms with Crippen LogP contribution >= 0.6 is 15.9 Å². The van der Waals surface area contributed by atoms with Crippen LogP contribution in [0, 0.1) is 10.1 Å². The normalized spacial score (nSPS) is 11.7. The van der Waals surface area contributed by atoms with Gasteiger partial charge in [-0.05, 0) is 22.0 Å². The summed E-state index contributed by atoms with van der Waals surface area (Å²) < 4.78 is 31.1. The van der Waals surface area contributed by atoms with E-state index >= 15 is 0 Å². The summed E-state index contributed by atoms with van der Waals surface area (Å²) in [5, 5.41) is 11.0. The SMILES string of the molecule is CCN(CC)S(=O)(=O)c1cc(Br)c(OC)c([N+](=O)[O-])c1. The number of halogens is 1. The number of hydrogen-bond donors (Lipinski definition) is 0. The number of methoxy groups -OCH3 is 1. The lowest BCUT2D eigenvalue weighted by atomic mass is 10.3. The Bertz CT molecular complexity index is 613. The van der Waals surface area contributed by atoms with E-state index in [1.54, 1.807) is 13.8 Å². The van der Waals surface area contributed by atoms with Gasteiger partial charge in [0.2, 0.25) is 15.8 Å². The molecular formula is C11H15BrN2O5S. The highest BCUT2D eigenvalue weighted by atomic mass is 79.9. The van der Waals surface area contributed by atoms with Crippen LogP contribution in [0.2, 0.25) is 0 Å². The molecule has 0 aliphatic carbocycles. The van der Waals surface area contributed by atoms with Crippen molar-refractivity contribution >= 4 is 31.6 Å². The maximum absolute atomic E-state index is 12.4. The van der Waals surface area contributed by atoms with Crippen LogP contribution in [0.4, 0.5) is 5.69 Å². The first-order valence-corrected chi connectivity index (χ1v) is 8.04. The van der Waals surface area contributed by atoms with E-state index < -0.39 is 20.6 Å². The van der Waals surface area contributed by atoms with Crippen molar-refractivity contribution in [1.82, 2.24) is 4.31 Å². The molecule has 0 spiro atoms. The van der Waals surface area contributed by atoms with E-state index in [0.717, 1.165) is 6.07 Å². The summed E-state index contributed by atoms with van der Waals surface area (Å²) in [4.78, 5) is 10.2. The van der Waals surface area contributed by atoms with Gasteiger partial charge < -0.3 is 4.74 Å². The van der Waals surface area contributed by atoms with Crippen LogP contribution in [0.15, 0.2) is 21.5 Å². The first kappa shape index (κ1) is 16.9. The second kappa shape index (κ2) is 6.51. The molecule has 0 aliphatic heterocycles. The topological polar surface area (TPSA) is 89.8 Å². The van der Waals surface area contributed by atoms with Crippen LogP contribution in [-0.2, 0) is 10.0 Å². The van der Waals surface area contributed by atoms with Crippen molar-refractivity contribution in [2.24, 2.45) is 0 Å². The number of nitro groups is 1. The Morgan fingerprint density at radius 3 is 2.30 bits per heavy atom. The smallest absolute Gasteiger partial charge is 0.313 e. The molecule has 0 unspecified atom stereocenters. The standard InChI is InChI=1S/C11H15BrN2O5S/c1-4-13(5-2)20(17,18)8-6-9(12)11(19-3)10(7-8)14(15)16/h6-7H,4-5H2,1-3H3. The van der Waals surface area contributed by atoms with Crippen LogP contribution in [0.25, 0.3) is 0 Å². The first-order chi connectivity index (χ1) is 9.29. The fraction of sp³-hybridized carbons (Fsp3) is 0.455. The van der Waals surface area contributed by atoms with Crippen molar-refractivity contribution in [3.8, 4) is 5.75 Å². The maximum Gasteiger partial charge on any atom is 0.313 e. The molecule has 0 fully saturated rings. The van der Waals surface area contributed by atoms with Gasteiger partial charge in [0, 0.05) is 19.2 Å². The van der Waals surface area contributed by atoms with Crippen molar-refractivity contribution in [2.45, 2.75) is 18.7 Å². The van der Waals surface area contributed by atoms with E-state index in [1.165, 1.54) is 17.5 Å². The van der Waals surface area contributed by atoms with Crippen LogP contribution in [0.5, 0.6) is 5.75 Å². The second-order valence-corrected chi connectivity index (χ2v) is 6.60. The Labute approximate surface area is 125 Å². The van der Waals surface area contributed by atoms with Crippen molar-refractivity contribution in [1.29, 1.82) is 0 Å². The van der Waals surface area contributed by atoms with Crippen molar-refractivity contribution in [3.05, 3.63) is 26.7 Å². The molecule has 0 saturated heterocycles. The fourth-order valence-electron chi connectivity index (χ4n) is 1.75. The van der Waals surface area contributed by atoms with Crippen LogP contribution in [0.3, 0.4) is 0 Å². The molecule has 9 heteroatoms. The number of rotatable bonds is 6. The number of nitro benzene ring substituents is 1. The summed E-state index contributed by atoms with van der Waals surface area (Å²) >= 11 is 3.10. The van der Waals surface area contributed by atoms with E-state index in [2.05, 4.69) is 15.9 Å². The quantitative estimate of drug-likeness (QED) is 0.569. The van der Waals surface area contributed by atoms with E-state index in [9.17, 15) is 18.5 Å². The zero-order valence-electron chi connectivity index (χ0n) is 11.3. The summed E-state index contributed by atoms with van der Waals surface area (Å²) in [6, 6.07) is 2.32. The molecule has 0 aromatic heterocycles. The zero-order chi connectivity index (χ0) is 15.5. The van der Waals surface area contributed by atoms with Gasteiger partial charge in [-0.3, -0.25) is 10.1 Å². The number of nitrogens with zero attached hydrogens (tertiary/aromatic N) is 2. The third kappa shape index (κ3) is 3.10. The molecule has 112 valence electrons. The Morgan fingerprint density at radius 2 is 1.90 bits per heavy atom. The second-order valence-electron chi connectivity index (χ2n) is 3.80. The van der Waals surface area contributed by atoms with Crippen LogP contribution in [0.1, 0.15) is 13.8 Å². The largest absolute Gasteiger partial charge is 0.489 e. The highest BCUT2D eigenvalue weighted by molar-refractivity contribution is 9.10. The van der Waals surface area contributed by atoms with Gasteiger partial charge in [-0.1, -0.05) is 13.8 Å². The lowest BCUT2D eigenvalue weighted by molar-refractivity contribution is -0.386. The molecule has 7 nitrogen and oxygen atoms in total. The van der Waals surface area contributed by atoms with Gasteiger partial charge in [0.15, 0.2) is 0 Å². The van der Waals surface area contributed by atoms with Gasteiger partial charge in [-0.15, -0.1) is 0 Å².